The average molecular weight is 257 g/mol. The first-order chi connectivity index (χ1) is 9.04. The van der Waals surface area contributed by atoms with Gasteiger partial charge in [0.25, 0.3) is 0 Å². The number of rotatable bonds is 3. The molecule has 0 amide bonds. The molecule has 2 nitrogen and oxygen atoms in total. The lowest BCUT2D eigenvalue weighted by Crippen LogP contribution is -2.40. The Kier molecular flexibility index (Phi) is 3.22. The summed E-state index contributed by atoms with van der Waals surface area (Å²) in [6.45, 7) is 4.18. The van der Waals surface area contributed by atoms with Crippen LogP contribution in [0.5, 0.6) is 0 Å². The molecule has 3 rings (SSSR count). The maximum Gasteiger partial charge on any atom is 0.142 e. The summed E-state index contributed by atoms with van der Waals surface area (Å²) >= 11 is 0. The highest BCUT2D eigenvalue weighted by Crippen LogP contribution is 2.48. The van der Waals surface area contributed by atoms with Crippen molar-refractivity contribution in [3.05, 3.63) is 34.9 Å². The minimum absolute atomic E-state index is 0.122. The van der Waals surface area contributed by atoms with E-state index in [1.54, 1.807) is 0 Å². The van der Waals surface area contributed by atoms with Crippen LogP contribution in [0.3, 0.4) is 0 Å². The number of hydrogen-bond donors (Lipinski definition) is 1. The molecule has 1 aromatic rings. The van der Waals surface area contributed by atoms with Crippen LogP contribution in [0.25, 0.3) is 0 Å². The minimum atomic E-state index is 0.122. The summed E-state index contributed by atoms with van der Waals surface area (Å²) in [5.74, 6) is 1.67. The molecule has 2 aliphatic carbocycles. The first kappa shape index (κ1) is 12.9. The van der Waals surface area contributed by atoms with E-state index < -0.39 is 0 Å². The molecular weight excluding hydrogens is 234 g/mol. The zero-order valence-electron chi connectivity index (χ0n) is 11.9. The monoisotopic (exact) mass is 257 g/mol. The minimum Gasteiger partial charge on any atom is -0.327 e. The molecule has 102 valence electrons. The summed E-state index contributed by atoms with van der Waals surface area (Å²) in [6, 6.07) is 6.53. The Morgan fingerprint density at radius 1 is 1.16 bits per heavy atom. The van der Waals surface area contributed by atoms with Crippen LogP contribution < -0.4 is 5.73 Å². The zero-order chi connectivity index (χ0) is 13.6. The van der Waals surface area contributed by atoms with E-state index in [4.69, 9.17) is 5.73 Å². The highest BCUT2D eigenvalue weighted by atomic mass is 16.1. The lowest BCUT2D eigenvalue weighted by molar-refractivity contribution is -0.124. The van der Waals surface area contributed by atoms with Gasteiger partial charge in [-0.3, -0.25) is 4.79 Å². The van der Waals surface area contributed by atoms with Gasteiger partial charge >= 0.3 is 0 Å². The van der Waals surface area contributed by atoms with Crippen molar-refractivity contribution in [2.45, 2.75) is 45.6 Å². The van der Waals surface area contributed by atoms with Crippen molar-refractivity contribution < 1.29 is 4.79 Å². The van der Waals surface area contributed by atoms with Gasteiger partial charge in [-0.1, -0.05) is 29.3 Å². The fourth-order valence-electron chi connectivity index (χ4n) is 4.30. The molecule has 2 heteroatoms. The predicted octanol–water partition coefficient (Wildman–Crippen LogP) is 2.79. The van der Waals surface area contributed by atoms with Gasteiger partial charge in [-0.2, -0.15) is 0 Å². The average Bonchev–Trinajstić information content (AvgIpc) is 2.87. The Bertz CT molecular complexity index is 486. The molecule has 2 bridgehead atoms. The molecule has 0 aliphatic heterocycles. The highest BCUT2D eigenvalue weighted by molar-refractivity contribution is 5.84. The van der Waals surface area contributed by atoms with Crippen LogP contribution in [0.15, 0.2) is 18.2 Å². The van der Waals surface area contributed by atoms with Gasteiger partial charge in [-0.25, -0.2) is 0 Å². The molecule has 0 spiro atoms. The third-order valence-electron chi connectivity index (χ3n) is 5.01. The topological polar surface area (TPSA) is 43.1 Å². The van der Waals surface area contributed by atoms with Crippen LogP contribution in [0.2, 0.25) is 0 Å². The van der Waals surface area contributed by atoms with E-state index in [9.17, 15) is 4.79 Å². The summed E-state index contributed by atoms with van der Waals surface area (Å²) < 4.78 is 0. The zero-order valence-corrected chi connectivity index (χ0v) is 11.9. The fourth-order valence-corrected chi connectivity index (χ4v) is 4.30. The van der Waals surface area contributed by atoms with Gasteiger partial charge in [0.2, 0.25) is 0 Å². The summed E-state index contributed by atoms with van der Waals surface area (Å²) in [6.07, 6.45) is 4.19. The molecule has 4 unspecified atom stereocenters. The van der Waals surface area contributed by atoms with Crippen molar-refractivity contribution in [3.8, 4) is 0 Å². The number of carbonyl (C=O) groups excluding carboxylic acids is 1. The predicted molar refractivity (Wildman–Crippen MR) is 76.9 cm³/mol. The number of aryl methyl sites for hydroxylation is 2. The number of ketones is 1. The SMILES string of the molecule is Cc1cc(C)cc(CC(=O)C2C3CCC(C3)C2N)c1. The molecule has 2 fully saturated rings. The van der Waals surface area contributed by atoms with E-state index in [0.29, 0.717) is 24.0 Å². The van der Waals surface area contributed by atoms with Crippen LogP contribution in [-0.2, 0) is 11.2 Å². The third-order valence-corrected chi connectivity index (χ3v) is 5.01. The second kappa shape index (κ2) is 4.75. The fraction of sp³-hybridized carbons (Fsp3) is 0.588. The van der Waals surface area contributed by atoms with Crippen molar-refractivity contribution in [2.24, 2.45) is 23.5 Å². The number of hydrogen-bond acceptors (Lipinski definition) is 2. The van der Waals surface area contributed by atoms with Crippen LogP contribution >= 0.6 is 0 Å². The maximum absolute atomic E-state index is 12.6. The Morgan fingerprint density at radius 2 is 1.79 bits per heavy atom. The summed E-state index contributed by atoms with van der Waals surface area (Å²) in [4.78, 5) is 12.6. The Hall–Kier alpha value is -1.15. The Labute approximate surface area is 115 Å². The third kappa shape index (κ3) is 2.34. The highest BCUT2D eigenvalue weighted by Gasteiger charge is 2.48. The van der Waals surface area contributed by atoms with Gasteiger partial charge in [0.15, 0.2) is 0 Å². The molecule has 0 radical (unpaired) electrons. The van der Waals surface area contributed by atoms with Crippen LogP contribution in [0, 0.1) is 31.6 Å². The van der Waals surface area contributed by atoms with Gasteiger partial charge in [-0.15, -0.1) is 0 Å². The molecule has 2 aliphatic rings. The number of carbonyl (C=O) groups is 1. The molecule has 19 heavy (non-hydrogen) atoms. The van der Waals surface area contributed by atoms with Gasteiger partial charge in [0, 0.05) is 18.4 Å². The number of fused-ring (bicyclic) bond motifs is 2. The van der Waals surface area contributed by atoms with E-state index >= 15 is 0 Å². The summed E-state index contributed by atoms with van der Waals surface area (Å²) in [7, 11) is 0. The lowest BCUT2D eigenvalue weighted by Gasteiger charge is -2.27. The quantitative estimate of drug-likeness (QED) is 0.904. The summed E-state index contributed by atoms with van der Waals surface area (Å²) in [5.41, 5.74) is 9.88. The van der Waals surface area contributed by atoms with Gasteiger partial charge in [-0.05, 0) is 50.5 Å². The first-order valence-electron chi connectivity index (χ1n) is 7.40. The molecular formula is C17H23NO. The van der Waals surface area contributed by atoms with Gasteiger partial charge < -0.3 is 5.73 Å². The number of nitrogens with two attached hydrogens (primary N) is 1. The molecule has 0 aromatic heterocycles. The number of Topliss-reactive ketones (excluding diaryl/α,β-unsaturated/α-hetero) is 1. The van der Waals surface area contributed by atoms with E-state index in [0.717, 1.165) is 5.56 Å². The molecule has 2 N–H and O–H groups in total. The smallest absolute Gasteiger partial charge is 0.142 e. The van der Waals surface area contributed by atoms with Crippen molar-refractivity contribution in [2.75, 3.05) is 0 Å². The van der Waals surface area contributed by atoms with Crippen LogP contribution in [0.4, 0.5) is 0 Å². The lowest BCUT2D eigenvalue weighted by atomic mass is 9.80. The molecule has 4 atom stereocenters. The van der Waals surface area contributed by atoms with Crippen molar-refractivity contribution >= 4 is 5.78 Å². The Morgan fingerprint density at radius 3 is 2.37 bits per heavy atom. The van der Waals surface area contributed by atoms with Gasteiger partial charge in [0.1, 0.15) is 5.78 Å². The second-order valence-corrected chi connectivity index (χ2v) is 6.58. The maximum atomic E-state index is 12.6. The summed E-state index contributed by atoms with van der Waals surface area (Å²) in [5, 5.41) is 0. The van der Waals surface area contributed by atoms with E-state index in [1.165, 1.54) is 30.4 Å². The van der Waals surface area contributed by atoms with Crippen molar-refractivity contribution in [3.63, 3.8) is 0 Å². The van der Waals surface area contributed by atoms with Gasteiger partial charge in [0.05, 0.1) is 0 Å². The van der Waals surface area contributed by atoms with E-state index in [2.05, 4.69) is 32.0 Å². The van der Waals surface area contributed by atoms with E-state index in [1.807, 2.05) is 0 Å². The second-order valence-electron chi connectivity index (χ2n) is 6.58. The van der Waals surface area contributed by atoms with E-state index in [-0.39, 0.29) is 12.0 Å². The molecule has 2 saturated carbocycles. The molecule has 0 saturated heterocycles. The van der Waals surface area contributed by atoms with Crippen molar-refractivity contribution in [1.29, 1.82) is 0 Å². The largest absolute Gasteiger partial charge is 0.327 e. The normalized spacial score (nSPS) is 32.8. The van der Waals surface area contributed by atoms with Crippen LogP contribution in [0.1, 0.15) is 36.0 Å². The Balaban J connectivity index is 1.75. The molecule has 0 heterocycles. The molecule has 1 aromatic carbocycles. The standard InChI is InChI=1S/C17H23NO/c1-10-5-11(2)7-12(6-10)8-15(19)16-13-3-4-14(9-13)17(16)18/h5-7,13-14,16-17H,3-4,8-9,18H2,1-2H3. The van der Waals surface area contributed by atoms with Crippen LogP contribution in [-0.4, -0.2) is 11.8 Å². The number of benzene rings is 1. The first-order valence-corrected chi connectivity index (χ1v) is 7.40. The van der Waals surface area contributed by atoms with Crippen molar-refractivity contribution in [1.82, 2.24) is 0 Å².